The quantitative estimate of drug-likeness (QED) is 0.0585. The van der Waals surface area contributed by atoms with Crippen LogP contribution in [-0.2, 0) is 30.4 Å². The van der Waals surface area contributed by atoms with E-state index in [0.29, 0.717) is 12.8 Å². The summed E-state index contributed by atoms with van der Waals surface area (Å²) in [7, 11) is 0. The summed E-state index contributed by atoms with van der Waals surface area (Å²) in [6, 6.07) is 4.33. The second-order valence-electron chi connectivity index (χ2n) is 9.58. The van der Waals surface area contributed by atoms with Crippen molar-refractivity contribution in [2.75, 3.05) is 6.54 Å². The van der Waals surface area contributed by atoms with Crippen molar-refractivity contribution < 1.29 is 29.1 Å². The van der Waals surface area contributed by atoms with Crippen molar-refractivity contribution in [2.24, 2.45) is 33.8 Å². The molecule has 0 spiro atoms. The molecule has 14 heteroatoms. The summed E-state index contributed by atoms with van der Waals surface area (Å²) in [6.45, 7) is 3.67. The zero-order valence-corrected chi connectivity index (χ0v) is 23.0. The van der Waals surface area contributed by atoms with E-state index < -0.39 is 53.8 Å². The van der Waals surface area contributed by atoms with Gasteiger partial charge in [-0.15, -0.1) is 0 Å². The van der Waals surface area contributed by atoms with E-state index in [0.717, 1.165) is 5.56 Å². The molecule has 5 atom stereocenters. The molecule has 1 rings (SSSR count). The van der Waals surface area contributed by atoms with Gasteiger partial charge in [0.15, 0.2) is 5.96 Å². The van der Waals surface area contributed by atoms with Crippen molar-refractivity contribution in [3.8, 4) is 0 Å². The number of nitrogens with one attached hydrogen (secondary N) is 3. The molecule has 0 fully saturated rings. The first-order valence-electron chi connectivity index (χ1n) is 13.1. The fourth-order valence-corrected chi connectivity index (χ4v) is 3.75. The van der Waals surface area contributed by atoms with Crippen LogP contribution in [0.5, 0.6) is 0 Å². The van der Waals surface area contributed by atoms with Gasteiger partial charge in [0.25, 0.3) is 0 Å². The van der Waals surface area contributed by atoms with Crippen molar-refractivity contribution in [3.63, 3.8) is 0 Å². The minimum absolute atomic E-state index is 0.0111. The van der Waals surface area contributed by atoms with Crippen LogP contribution in [-0.4, -0.2) is 71.4 Å². The summed E-state index contributed by atoms with van der Waals surface area (Å²) in [5.41, 5.74) is 22.5. The Morgan fingerprint density at radius 2 is 1.50 bits per heavy atom. The average molecular weight is 563 g/mol. The monoisotopic (exact) mass is 562 g/mol. The molecule has 40 heavy (non-hydrogen) atoms. The first-order chi connectivity index (χ1) is 18.8. The zero-order valence-electron chi connectivity index (χ0n) is 23.0. The van der Waals surface area contributed by atoms with Crippen LogP contribution in [0.4, 0.5) is 0 Å². The molecule has 0 radical (unpaired) electrons. The third-order valence-corrected chi connectivity index (χ3v) is 6.31. The molecule has 1 aromatic rings. The number of benzene rings is 1. The predicted octanol–water partition coefficient (Wildman–Crippen LogP) is -1.54. The first-order valence-corrected chi connectivity index (χ1v) is 13.1. The summed E-state index contributed by atoms with van der Waals surface area (Å²) >= 11 is 0. The Hall–Kier alpha value is -4.20. The number of hydrogen-bond acceptors (Lipinski definition) is 7. The number of aliphatic carboxylic acids is 1. The summed E-state index contributed by atoms with van der Waals surface area (Å²) in [5, 5.41) is 17.3. The lowest BCUT2D eigenvalue weighted by molar-refractivity contribution is -0.144. The lowest BCUT2D eigenvalue weighted by Gasteiger charge is -2.26. The van der Waals surface area contributed by atoms with E-state index in [4.69, 9.17) is 22.9 Å². The van der Waals surface area contributed by atoms with E-state index >= 15 is 0 Å². The topological polar surface area (TPSA) is 258 Å². The van der Waals surface area contributed by atoms with E-state index in [1.54, 1.807) is 44.2 Å². The molecule has 0 heterocycles. The number of hydrogen-bond donors (Lipinski definition) is 8. The molecule has 14 nitrogen and oxygen atoms in total. The minimum atomic E-state index is -1.20. The van der Waals surface area contributed by atoms with Crippen LogP contribution in [0.2, 0.25) is 0 Å². The number of rotatable bonds is 18. The first kappa shape index (κ1) is 33.8. The fraction of sp³-hybridized carbons (Fsp3) is 0.538. The van der Waals surface area contributed by atoms with Crippen LogP contribution >= 0.6 is 0 Å². The van der Waals surface area contributed by atoms with E-state index in [9.17, 15) is 29.1 Å². The van der Waals surface area contributed by atoms with Gasteiger partial charge in [0.05, 0.1) is 6.04 Å². The molecule has 0 saturated carbocycles. The smallest absolute Gasteiger partial charge is 0.326 e. The second-order valence-corrected chi connectivity index (χ2v) is 9.58. The summed E-state index contributed by atoms with van der Waals surface area (Å²) in [5.74, 6) is -4.38. The third-order valence-electron chi connectivity index (χ3n) is 6.31. The molecule has 5 unspecified atom stereocenters. The maximum Gasteiger partial charge on any atom is 0.326 e. The van der Waals surface area contributed by atoms with Crippen LogP contribution in [0, 0.1) is 5.92 Å². The van der Waals surface area contributed by atoms with Crippen LogP contribution in [0.1, 0.15) is 51.5 Å². The highest BCUT2D eigenvalue weighted by Gasteiger charge is 2.32. The molecular formula is C26H42N8O6. The number of carboxylic acids is 1. The second kappa shape index (κ2) is 17.4. The minimum Gasteiger partial charge on any atom is -0.480 e. The highest BCUT2D eigenvalue weighted by molar-refractivity contribution is 5.94. The summed E-state index contributed by atoms with van der Waals surface area (Å²) in [6.07, 6.45) is 0.843. The number of nitrogens with zero attached hydrogens (tertiary/aromatic N) is 1. The third kappa shape index (κ3) is 12.6. The van der Waals surface area contributed by atoms with Gasteiger partial charge in [-0.3, -0.25) is 24.2 Å². The van der Waals surface area contributed by atoms with Gasteiger partial charge in [-0.25, -0.2) is 4.79 Å². The Labute approximate surface area is 233 Å². The molecule has 4 amide bonds. The van der Waals surface area contributed by atoms with Crippen LogP contribution in [0.3, 0.4) is 0 Å². The molecule has 0 aromatic heterocycles. The number of carbonyl (C=O) groups excluding carboxylic acids is 4. The van der Waals surface area contributed by atoms with Gasteiger partial charge in [0.2, 0.25) is 23.6 Å². The van der Waals surface area contributed by atoms with E-state index in [1.807, 2.05) is 0 Å². The molecular weight excluding hydrogens is 520 g/mol. The molecule has 0 bridgehead atoms. The number of aliphatic imine (C=N–C) groups is 1. The summed E-state index contributed by atoms with van der Waals surface area (Å²) < 4.78 is 0. The number of carboxylic acid groups (broad SMARTS) is 1. The molecule has 12 N–H and O–H groups in total. The van der Waals surface area contributed by atoms with Crippen molar-refractivity contribution in [3.05, 3.63) is 35.9 Å². The standard InChI is InChI=1S/C26H42N8O6/c1-3-15(2)21(25(39)40)34-23(37)18(10-7-13-31-26(29)30)32-24(38)19(14-16-8-5-4-6-9-16)33-22(36)17(27)11-12-20(28)35/h4-6,8-9,15,17-19,21H,3,7,10-14,27H2,1-2H3,(H2,28,35)(H,32,38)(H,33,36)(H,34,37)(H,39,40)(H4,29,30,31). The van der Waals surface area contributed by atoms with Gasteiger partial charge in [-0.05, 0) is 30.7 Å². The Morgan fingerprint density at radius 3 is 2.05 bits per heavy atom. The number of amides is 4. The number of carbonyl (C=O) groups is 5. The van der Waals surface area contributed by atoms with Gasteiger partial charge in [0, 0.05) is 19.4 Å². The van der Waals surface area contributed by atoms with Gasteiger partial charge < -0.3 is 44.0 Å². The van der Waals surface area contributed by atoms with E-state index in [2.05, 4.69) is 20.9 Å². The lowest BCUT2D eigenvalue weighted by Crippen LogP contribution is -2.58. The Kier molecular flexibility index (Phi) is 14.7. The SMILES string of the molecule is CCC(C)C(NC(=O)C(CCCN=C(N)N)NC(=O)C(Cc1ccccc1)NC(=O)C(N)CCC(N)=O)C(=O)O. The largest absolute Gasteiger partial charge is 0.480 e. The van der Waals surface area contributed by atoms with Crippen molar-refractivity contribution in [1.82, 2.24) is 16.0 Å². The molecule has 0 aliphatic rings. The Morgan fingerprint density at radius 1 is 0.900 bits per heavy atom. The van der Waals surface area contributed by atoms with Crippen LogP contribution in [0.25, 0.3) is 0 Å². The molecule has 0 aliphatic heterocycles. The highest BCUT2D eigenvalue weighted by Crippen LogP contribution is 2.10. The van der Waals surface area contributed by atoms with Crippen LogP contribution < -0.4 is 38.9 Å². The molecule has 0 aliphatic carbocycles. The Bertz CT molecular complexity index is 1030. The predicted molar refractivity (Wildman–Crippen MR) is 149 cm³/mol. The van der Waals surface area contributed by atoms with Gasteiger partial charge in [-0.1, -0.05) is 50.6 Å². The number of guanidine groups is 1. The van der Waals surface area contributed by atoms with Crippen molar-refractivity contribution in [1.29, 1.82) is 0 Å². The van der Waals surface area contributed by atoms with Gasteiger partial charge in [0.1, 0.15) is 18.1 Å². The molecule has 0 saturated heterocycles. The maximum absolute atomic E-state index is 13.4. The van der Waals surface area contributed by atoms with Crippen molar-refractivity contribution in [2.45, 2.75) is 76.5 Å². The summed E-state index contributed by atoms with van der Waals surface area (Å²) in [4.78, 5) is 66.1. The number of nitrogens with two attached hydrogens (primary N) is 4. The fourth-order valence-electron chi connectivity index (χ4n) is 3.75. The molecule has 1 aromatic carbocycles. The Balaban J connectivity index is 3.17. The highest BCUT2D eigenvalue weighted by atomic mass is 16.4. The van der Waals surface area contributed by atoms with Crippen molar-refractivity contribution >= 4 is 35.6 Å². The average Bonchev–Trinajstić information content (AvgIpc) is 2.90. The van der Waals surface area contributed by atoms with E-state index in [1.165, 1.54) is 0 Å². The zero-order chi connectivity index (χ0) is 30.2. The lowest BCUT2D eigenvalue weighted by atomic mass is 9.98. The number of primary amides is 1. The van der Waals surface area contributed by atoms with E-state index in [-0.39, 0.29) is 44.1 Å². The van der Waals surface area contributed by atoms with Crippen LogP contribution in [0.15, 0.2) is 35.3 Å². The molecule has 222 valence electrons. The van der Waals surface area contributed by atoms with Gasteiger partial charge in [-0.2, -0.15) is 0 Å². The van der Waals surface area contributed by atoms with Gasteiger partial charge >= 0.3 is 5.97 Å². The maximum atomic E-state index is 13.4. The normalized spacial score (nSPS) is 14.5.